The topological polar surface area (TPSA) is 72.5 Å². The van der Waals surface area contributed by atoms with Crippen molar-refractivity contribution < 1.29 is 19.1 Å². The molecule has 0 aliphatic heterocycles. The van der Waals surface area contributed by atoms with Gasteiger partial charge in [-0.1, -0.05) is 36.4 Å². The van der Waals surface area contributed by atoms with Crippen LogP contribution in [0.3, 0.4) is 0 Å². The van der Waals surface area contributed by atoms with Crippen LogP contribution in [0.2, 0.25) is 0 Å². The van der Waals surface area contributed by atoms with Crippen molar-refractivity contribution in [2.75, 3.05) is 6.61 Å². The number of benzene rings is 2. The zero-order chi connectivity index (χ0) is 19.1. The van der Waals surface area contributed by atoms with Crippen LogP contribution in [-0.2, 0) is 20.7 Å². The minimum atomic E-state index is -0.648. The number of esters is 1. The van der Waals surface area contributed by atoms with Gasteiger partial charge in [0.05, 0.1) is 11.6 Å². The van der Waals surface area contributed by atoms with Crippen LogP contribution in [0.1, 0.15) is 34.0 Å². The average molecular weight is 353 g/mol. The van der Waals surface area contributed by atoms with E-state index < -0.39 is 24.5 Å². The molecule has 1 atom stereocenters. The van der Waals surface area contributed by atoms with Crippen molar-refractivity contribution in [1.29, 1.82) is 0 Å². The Bertz CT molecular complexity index is 799. The van der Waals surface area contributed by atoms with E-state index in [1.54, 1.807) is 12.1 Å². The predicted molar refractivity (Wildman–Crippen MR) is 99.0 cm³/mol. The van der Waals surface area contributed by atoms with E-state index in [-0.39, 0.29) is 5.78 Å². The van der Waals surface area contributed by atoms with Crippen molar-refractivity contribution in [3.63, 3.8) is 0 Å². The van der Waals surface area contributed by atoms with Crippen LogP contribution in [0.4, 0.5) is 0 Å². The summed E-state index contributed by atoms with van der Waals surface area (Å²) in [5.74, 6) is -1.22. The van der Waals surface area contributed by atoms with Crippen LogP contribution < -0.4 is 5.32 Å². The number of carbonyl (C=O) groups is 3. The first-order valence-electron chi connectivity index (χ1n) is 8.45. The predicted octanol–water partition coefficient (Wildman–Crippen LogP) is 2.78. The third-order valence-electron chi connectivity index (χ3n) is 4.19. The van der Waals surface area contributed by atoms with Gasteiger partial charge < -0.3 is 10.1 Å². The molecule has 5 heteroatoms. The number of hydrogen-bond donors (Lipinski definition) is 1. The van der Waals surface area contributed by atoms with Gasteiger partial charge in [-0.15, -0.1) is 0 Å². The third-order valence-corrected chi connectivity index (χ3v) is 4.19. The standard InChI is InChI=1S/C21H23NO4/c1-14-9-10-18(11-15(14)2)21(25)26-13-20(24)22-19(16(3)23)12-17-7-5-4-6-8-17/h4-11,19H,12-13H2,1-3H3,(H,22,24)/t19-/m1/s1. The van der Waals surface area contributed by atoms with Crippen LogP contribution in [0.5, 0.6) is 0 Å². The van der Waals surface area contributed by atoms with Gasteiger partial charge in [0.15, 0.2) is 12.4 Å². The lowest BCUT2D eigenvalue weighted by Crippen LogP contribution is -2.43. The summed E-state index contributed by atoms with van der Waals surface area (Å²) in [4.78, 5) is 35.9. The summed E-state index contributed by atoms with van der Waals surface area (Å²) in [5.41, 5.74) is 3.39. The normalized spacial score (nSPS) is 11.5. The van der Waals surface area contributed by atoms with Crippen molar-refractivity contribution in [3.8, 4) is 0 Å². The molecule has 0 saturated carbocycles. The highest BCUT2D eigenvalue weighted by Gasteiger charge is 2.19. The highest BCUT2D eigenvalue weighted by atomic mass is 16.5. The average Bonchev–Trinajstić information content (AvgIpc) is 2.62. The number of rotatable bonds is 7. The van der Waals surface area contributed by atoms with E-state index in [0.29, 0.717) is 12.0 Å². The highest BCUT2D eigenvalue weighted by Crippen LogP contribution is 2.11. The molecule has 0 aliphatic rings. The van der Waals surface area contributed by atoms with E-state index in [2.05, 4.69) is 5.32 Å². The number of amides is 1. The molecule has 1 N–H and O–H groups in total. The molecule has 2 aromatic carbocycles. The molecule has 136 valence electrons. The summed E-state index contributed by atoms with van der Waals surface area (Å²) < 4.78 is 5.05. The lowest BCUT2D eigenvalue weighted by molar-refractivity contribution is -0.128. The first kappa shape index (κ1) is 19.4. The van der Waals surface area contributed by atoms with Gasteiger partial charge >= 0.3 is 5.97 Å². The molecule has 0 unspecified atom stereocenters. The van der Waals surface area contributed by atoms with Crippen molar-refractivity contribution in [3.05, 3.63) is 70.8 Å². The Morgan fingerprint density at radius 1 is 1.00 bits per heavy atom. The molecule has 2 rings (SSSR count). The lowest BCUT2D eigenvalue weighted by atomic mass is 10.0. The largest absolute Gasteiger partial charge is 0.452 e. The second kappa shape index (κ2) is 8.94. The Morgan fingerprint density at radius 3 is 2.31 bits per heavy atom. The Labute approximate surface area is 153 Å². The fraction of sp³-hybridized carbons (Fsp3) is 0.286. The van der Waals surface area contributed by atoms with Gasteiger partial charge in [-0.2, -0.15) is 0 Å². The van der Waals surface area contributed by atoms with Crippen LogP contribution in [0.15, 0.2) is 48.5 Å². The molecule has 0 bridgehead atoms. The van der Waals surface area contributed by atoms with Gasteiger partial charge in [0, 0.05) is 0 Å². The third kappa shape index (κ3) is 5.55. The first-order chi connectivity index (χ1) is 12.4. The Balaban J connectivity index is 1.90. The molecule has 0 aromatic heterocycles. The lowest BCUT2D eigenvalue weighted by Gasteiger charge is -2.16. The molecule has 5 nitrogen and oxygen atoms in total. The summed E-state index contributed by atoms with van der Waals surface area (Å²) in [6.07, 6.45) is 0.396. The van der Waals surface area contributed by atoms with Gasteiger partial charge in [-0.3, -0.25) is 9.59 Å². The van der Waals surface area contributed by atoms with Crippen LogP contribution >= 0.6 is 0 Å². The number of hydrogen-bond acceptors (Lipinski definition) is 4. The second-order valence-corrected chi connectivity index (χ2v) is 6.30. The number of aryl methyl sites for hydroxylation is 2. The molecule has 0 heterocycles. The number of Topliss-reactive ketones (excluding diaryl/α,β-unsaturated/α-hetero) is 1. The molecule has 2 aromatic rings. The minimum Gasteiger partial charge on any atom is -0.452 e. The molecular formula is C21H23NO4. The summed E-state index contributed by atoms with van der Waals surface area (Å²) in [7, 11) is 0. The van der Waals surface area contributed by atoms with Crippen molar-refractivity contribution in [2.45, 2.75) is 33.2 Å². The quantitative estimate of drug-likeness (QED) is 0.777. The molecule has 0 radical (unpaired) electrons. The van der Waals surface area contributed by atoms with Gasteiger partial charge in [-0.05, 0) is 56.0 Å². The summed E-state index contributed by atoms with van der Waals surface area (Å²) in [6, 6.07) is 14.0. The number of ketones is 1. The molecule has 1 amide bonds. The number of ether oxygens (including phenoxy) is 1. The smallest absolute Gasteiger partial charge is 0.338 e. The SMILES string of the molecule is CC(=O)[C@@H](Cc1ccccc1)NC(=O)COC(=O)c1ccc(C)c(C)c1. The van der Waals surface area contributed by atoms with Gasteiger partial charge in [-0.25, -0.2) is 4.79 Å². The second-order valence-electron chi connectivity index (χ2n) is 6.30. The van der Waals surface area contributed by atoms with Crippen molar-refractivity contribution in [2.24, 2.45) is 0 Å². The van der Waals surface area contributed by atoms with E-state index in [1.807, 2.05) is 50.2 Å². The Morgan fingerprint density at radius 2 is 1.69 bits per heavy atom. The Kier molecular flexibility index (Phi) is 6.67. The zero-order valence-corrected chi connectivity index (χ0v) is 15.2. The Hall–Kier alpha value is -2.95. The summed E-state index contributed by atoms with van der Waals surface area (Å²) in [6.45, 7) is 4.85. The first-order valence-corrected chi connectivity index (χ1v) is 8.45. The molecule has 0 spiro atoms. The van der Waals surface area contributed by atoms with Crippen LogP contribution in [0.25, 0.3) is 0 Å². The highest BCUT2D eigenvalue weighted by molar-refractivity contribution is 5.92. The van der Waals surface area contributed by atoms with Crippen LogP contribution in [0, 0.1) is 13.8 Å². The molecule has 0 saturated heterocycles. The fourth-order valence-corrected chi connectivity index (χ4v) is 2.47. The van der Waals surface area contributed by atoms with E-state index in [0.717, 1.165) is 16.7 Å². The summed E-state index contributed by atoms with van der Waals surface area (Å²) >= 11 is 0. The minimum absolute atomic E-state index is 0.150. The van der Waals surface area contributed by atoms with Crippen molar-refractivity contribution >= 4 is 17.7 Å². The van der Waals surface area contributed by atoms with E-state index in [1.165, 1.54) is 6.92 Å². The van der Waals surface area contributed by atoms with Gasteiger partial charge in [0.2, 0.25) is 0 Å². The number of carbonyl (C=O) groups excluding carboxylic acids is 3. The van der Waals surface area contributed by atoms with Gasteiger partial charge in [0.25, 0.3) is 5.91 Å². The maximum Gasteiger partial charge on any atom is 0.338 e. The van der Waals surface area contributed by atoms with E-state index in [4.69, 9.17) is 4.74 Å². The zero-order valence-electron chi connectivity index (χ0n) is 15.2. The van der Waals surface area contributed by atoms with E-state index in [9.17, 15) is 14.4 Å². The number of nitrogens with one attached hydrogen (secondary N) is 1. The monoisotopic (exact) mass is 353 g/mol. The summed E-state index contributed by atoms with van der Waals surface area (Å²) in [5, 5.41) is 2.63. The fourth-order valence-electron chi connectivity index (χ4n) is 2.47. The molecule has 0 aliphatic carbocycles. The van der Waals surface area contributed by atoms with Crippen LogP contribution in [-0.4, -0.2) is 30.3 Å². The van der Waals surface area contributed by atoms with Crippen molar-refractivity contribution in [1.82, 2.24) is 5.32 Å². The molecule has 26 heavy (non-hydrogen) atoms. The maximum atomic E-state index is 12.1. The van der Waals surface area contributed by atoms with Gasteiger partial charge in [0.1, 0.15) is 0 Å². The molecular weight excluding hydrogens is 330 g/mol. The molecule has 0 fully saturated rings. The van der Waals surface area contributed by atoms with E-state index >= 15 is 0 Å². The maximum absolute atomic E-state index is 12.1.